The topological polar surface area (TPSA) is 35.8 Å². The predicted molar refractivity (Wildman–Crippen MR) is 77.8 cm³/mol. The first-order valence-electron chi connectivity index (χ1n) is 6.92. The monoisotopic (exact) mass is 250 g/mol. The van der Waals surface area contributed by atoms with Gasteiger partial charge in [0.2, 0.25) is 0 Å². The Morgan fingerprint density at radius 3 is 2.68 bits per heavy atom. The molecule has 19 heavy (non-hydrogen) atoms. The Labute approximate surface area is 114 Å². The fourth-order valence-electron chi connectivity index (χ4n) is 2.54. The number of nitrogens with one attached hydrogen (secondary N) is 1. The van der Waals surface area contributed by atoms with Crippen molar-refractivity contribution < 1.29 is 0 Å². The molecule has 0 unspecified atom stereocenters. The molecule has 0 aromatic heterocycles. The van der Waals surface area contributed by atoms with Crippen LogP contribution in [0.15, 0.2) is 42.5 Å². The third kappa shape index (κ3) is 2.62. The molecule has 1 aliphatic rings. The van der Waals surface area contributed by atoms with Gasteiger partial charge in [0.15, 0.2) is 0 Å². The maximum absolute atomic E-state index is 9.02. The van der Waals surface area contributed by atoms with Crippen LogP contribution in [-0.2, 0) is 6.42 Å². The van der Waals surface area contributed by atoms with Gasteiger partial charge in [-0.25, -0.2) is 0 Å². The summed E-state index contributed by atoms with van der Waals surface area (Å²) < 4.78 is 0. The summed E-state index contributed by atoms with van der Waals surface area (Å²) >= 11 is 0. The summed E-state index contributed by atoms with van der Waals surface area (Å²) in [5.41, 5.74) is 1.34. The van der Waals surface area contributed by atoms with Crippen molar-refractivity contribution in [3.63, 3.8) is 0 Å². The molecule has 2 aromatic rings. The van der Waals surface area contributed by atoms with E-state index in [0.29, 0.717) is 0 Å². The highest BCUT2D eigenvalue weighted by molar-refractivity contribution is 5.85. The van der Waals surface area contributed by atoms with E-state index in [4.69, 9.17) is 5.26 Å². The van der Waals surface area contributed by atoms with Crippen LogP contribution in [0.2, 0.25) is 0 Å². The first-order valence-corrected chi connectivity index (χ1v) is 6.92. The highest BCUT2D eigenvalue weighted by atomic mass is 14.9. The van der Waals surface area contributed by atoms with Crippen LogP contribution in [0.4, 0.5) is 0 Å². The zero-order chi connectivity index (χ0) is 13.1. The second kappa shape index (κ2) is 5.03. The van der Waals surface area contributed by atoms with Crippen molar-refractivity contribution in [1.82, 2.24) is 5.32 Å². The van der Waals surface area contributed by atoms with Crippen molar-refractivity contribution in [3.05, 3.63) is 48.0 Å². The van der Waals surface area contributed by atoms with Crippen LogP contribution in [-0.4, -0.2) is 13.1 Å². The highest BCUT2D eigenvalue weighted by Crippen LogP contribution is 2.43. The predicted octanol–water partition coefficient (Wildman–Crippen LogP) is 3.28. The highest BCUT2D eigenvalue weighted by Gasteiger charge is 2.42. The summed E-state index contributed by atoms with van der Waals surface area (Å²) in [6.45, 7) is 1.78. The van der Waals surface area contributed by atoms with Gasteiger partial charge >= 0.3 is 0 Å². The number of nitrogens with zero attached hydrogens (tertiary/aromatic N) is 1. The van der Waals surface area contributed by atoms with Gasteiger partial charge in [-0.15, -0.1) is 0 Å². The smallest absolute Gasteiger partial charge is 0.0703 e. The maximum atomic E-state index is 9.02. The number of rotatable bonds is 5. The summed E-state index contributed by atoms with van der Waals surface area (Å²) in [6, 6.07) is 17.4. The van der Waals surface area contributed by atoms with Crippen molar-refractivity contribution in [2.45, 2.75) is 19.3 Å². The Bertz CT molecular complexity index is 615. The molecule has 0 amide bonds. The van der Waals surface area contributed by atoms with Crippen molar-refractivity contribution in [1.29, 1.82) is 5.26 Å². The van der Waals surface area contributed by atoms with E-state index in [1.54, 1.807) is 0 Å². The molecule has 3 rings (SSSR count). The molecule has 0 spiro atoms. The summed E-state index contributed by atoms with van der Waals surface area (Å²) in [5, 5.41) is 15.1. The van der Waals surface area contributed by atoms with Crippen LogP contribution < -0.4 is 5.32 Å². The molecule has 2 aromatic carbocycles. The zero-order valence-corrected chi connectivity index (χ0v) is 11.0. The van der Waals surface area contributed by atoms with Gasteiger partial charge in [-0.3, -0.25) is 0 Å². The van der Waals surface area contributed by atoms with Crippen LogP contribution >= 0.6 is 0 Å². The first kappa shape index (κ1) is 12.2. The lowest BCUT2D eigenvalue weighted by molar-refractivity contribution is 0.560. The van der Waals surface area contributed by atoms with Crippen LogP contribution in [0, 0.1) is 16.7 Å². The second-order valence-corrected chi connectivity index (χ2v) is 5.46. The van der Waals surface area contributed by atoms with Gasteiger partial charge in [-0.1, -0.05) is 42.5 Å². The van der Waals surface area contributed by atoms with Gasteiger partial charge in [0.25, 0.3) is 0 Å². The number of nitriles is 1. The van der Waals surface area contributed by atoms with Crippen LogP contribution in [0.1, 0.15) is 18.4 Å². The van der Waals surface area contributed by atoms with E-state index in [1.165, 1.54) is 16.3 Å². The quantitative estimate of drug-likeness (QED) is 0.827. The lowest BCUT2D eigenvalue weighted by Crippen LogP contribution is -2.25. The molecule has 2 heteroatoms. The van der Waals surface area contributed by atoms with Crippen molar-refractivity contribution >= 4 is 10.8 Å². The SMILES string of the molecule is N#CC1(CNCCc2cccc3ccccc23)CC1. The van der Waals surface area contributed by atoms with Crippen molar-refractivity contribution in [2.24, 2.45) is 5.41 Å². The first-order chi connectivity index (χ1) is 9.33. The van der Waals surface area contributed by atoms with Crippen molar-refractivity contribution in [2.75, 3.05) is 13.1 Å². The normalized spacial score (nSPS) is 16.2. The Hall–Kier alpha value is -1.85. The molecule has 0 aliphatic heterocycles. The summed E-state index contributed by atoms with van der Waals surface area (Å²) in [7, 11) is 0. The Morgan fingerprint density at radius 1 is 1.11 bits per heavy atom. The molecular formula is C17H18N2. The van der Waals surface area contributed by atoms with Crippen molar-refractivity contribution in [3.8, 4) is 6.07 Å². The maximum Gasteiger partial charge on any atom is 0.0703 e. The lowest BCUT2D eigenvalue weighted by Gasteiger charge is -2.09. The fraction of sp³-hybridized carbons (Fsp3) is 0.353. The van der Waals surface area contributed by atoms with Gasteiger partial charge < -0.3 is 5.32 Å². The standard InChI is InChI=1S/C17H18N2/c18-12-17(9-10-17)13-19-11-8-15-6-3-5-14-4-1-2-7-16(14)15/h1-7,19H,8-11,13H2. The van der Waals surface area contributed by atoms with Crippen LogP contribution in [0.3, 0.4) is 0 Å². The molecule has 0 heterocycles. The molecule has 1 fully saturated rings. The third-order valence-electron chi connectivity index (χ3n) is 4.01. The molecule has 1 aliphatic carbocycles. The summed E-state index contributed by atoms with van der Waals surface area (Å²) in [6.07, 6.45) is 3.14. The molecular weight excluding hydrogens is 232 g/mol. The Morgan fingerprint density at radius 2 is 1.89 bits per heavy atom. The molecule has 0 atom stereocenters. The number of hydrogen-bond acceptors (Lipinski definition) is 2. The van der Waals surface area contributed by atoms with E-state index in [-0.39, 0.29) is 5.41 Å². The zero-order valence-electron chi connectivity index (χ0n) is 11.0. The average molecular weight is 250 g/mol. The summed E-state index contributed by atoms with van der Waals surface area (Å²) in [5.74, 6) is 0. The largest absolute Gasteiger partial charge is 0.315 e. The molecule has 96 valence electrons. The van der Waals surface area contributed by atoms with E-state index >= 15 is 0 Å². The number of hydrogen-bond donors (Lipinski definition) is 1. The van der Waals surface area contributed by atoms with Gasteiger partial charge in [0.05, 0.1) is 11.5 Å². The minimum absolute atomic E-state index is 0.0429. The van der Waals surface area contributed by atoms with Crippen LogP contribution in [0.25, 0.3) is 10.8 Å². The molecule has 1 N–H and O–H groups in total. The third-order valence-corrected chi connectivity index (χ3v) is 4.01. The minimum Gasteiger partial charge on any atom is -0.315 e. The van der Waals surface area contributed by atoms with Gasteiger partial charge in [0, 0.05) is 6.54 Å². The summed E-state index contributed by atoms with van der Waals surface area (Å²) in [4.78, 5) is 0. The Balaban J connectivity index is 1.61. The van der Waals surface area contributed by atoms with Gasteiger partial charge in [-0.05, 0) is 42.1 Å². The fourth-order valence-corrected chi connectivity index (χ4v) is 2.54. The van der Waals surface area contributed by atoms with Crippen LogP contribution in [0.5, 0.6) is 0 Å². The van der Waals surface area contributed by atoms with Gasteiger partial charge in [0.1, 0.15) is 0 Å². The molecule has 0 bridgehead atoms. The van der Waals surface area contributed by atoms with E-state index in [0.717, 1.165) is 32.4 Å². The lowest BCUT2D eigenvalue weighted by atomic mass is 10.0. The van der Waals surface area contributed by atoms with E-state index in [2.05, 4.69) is 53.9 Å². The number of benzene rings is 2. The molecule has 1 saturated carbocycles. The average Bonchev–Trinajstić information content (AvgIpc) is 3.24. The van der Waals surface area contributed by atoms with E-state index in [9.17, 15) is 0 Å². The minimum atomic E-state index is -0.0429. The van der Waals surface area contributed by atoms with Gasteiger partial charge in [-0.2, -0.15) is 5.26 Å². The Kier molecular flexibility index (Phi) is 3.23. The molecule has 0 saturated heterocycles. The van der Waals surface area contributed by atoms with E-state index < -0.39 is 0 Å². The van der Waals surface area contributed by atoms with E-state index in [1.807, 2.05) is 0 Å². The number of fused-ring (bicyclic) bond motifs is 1. The molecule has 0 radical (unpaired) electrons. The second-order valence-electron chi connectivity index (χ2n) is 5.46. The molecule has 2 nitrogen and oxygen atoms in total.